The summed E-state index contributed by atoms with van der Waals surface area (Å²) < 4.78 is 0. The summed E-state index contributed by atoms with van der Waals surface area (Å²) >= 11 is 12.2. The number of halogens is 2. The Balaban J connectivity index is 1.59. The summed E-state index contributed by atoms with van der Waals surface area (Å²) in [6.45, 7) is 0. The first-order valence-corrected chi connectivity index (χ1v) is 9.74. The van der Waals surface area contributed by atoms with Gasteiger partial charge in [-0.2, -0.15) is 0 Å². The lowest BCUT2D eigenvalue weighted by Gasteiger charge is -2.21. The molecule has 4 nitrogen and oxygen atoms in total. The molecule has 140 valence electrons. The van der Waals surface area contributed by atoms with E-state index in [2.05, 4.69) is 11.4 Å². The molecule has 1 heterocycles. The molecule has 6 heteroatoms. The van der Waals surface area contributed by atoms with E-state index in [1.165, 1.54) is 23.3 Å². The molecule has 28 heavy (non-hydrogen) atoms. The van der Waals surface area contributed by atoms with Gasteiger partial charge in [0, 0.05) is 16.1 Å². The van der Waals surface area contributed by atoms with E-state index in [9.17, 15) is 14.7 Å². The number of hydrogen-bond donors (Lipinski definition) is 2. The molecular weight excluding hydrogens is 397 g/mol. The summed E-state index contributed by atoms with van der Waals surface area (Å²) in [5.41, 5.74) is 1.45. The van der Waals surface area contributed by atoms with Crippen molar-refractivity contribution in [3.8, 4) is 0 Å². The summed E-state index contributed by atoms with van der Waals surface area (Å²) in [5.74, 6) is -0.988. The van der Waals surface area contributed by atoms with E-state index < -0.39 is 17.9 Å². The third kappa shape index (κ3) is 2.42. The van der Waals surface area contributed by atoms with Crippen LogP contribution in [0.1, 0.15) is 33.5 Å². The molecule has 1 unspecified atom stereocenters. The number of carbonyl (C=O) groups excluding carboxylic acids is 2. The molecule has 0 spiro atoms. The normalized spacial score (nSPS) is 19.8. The molecule has 0 bridgehead atoms. The fraction of sp³-hybridized carbons (Fsp3) is 0.182. The first-order valence-electron chi connectivity index (χ1n) is 8.98. The van der Waals surface area contributed by atoms with Crippen molar-refractivity contribution < 1.29 is 14.7 Å². The molecule has 0 aromatic heterocycles. The number of amides is 1. The van der Waals surface area contributed by atoms with Crippen molar-refractivity contribution in [2.24, 2.45) is 0 Å². The molecule has 0 saturated heterocycles. The highest BCUT2D eigenvalue weighted by Gasteiger charge is 2.48. The van der Waals surface area contributed by atoms with Gasteiger partial charge in [0.25, 0.3) is 5.91 Å². The van der Waals surface area contributed by atoms with Crippen molar-refractivity contribution >= 4 is 51.4 Å². The van der Waals surface area contributed by atoms with Crippen LogP contribution >= 0.6 is 23.2 Å². The highest BCUT2D eigenvalue weighted by atomic mass is 35.5. The summed E-state index contributed by atoms with van der Waals surface area (Å²) in [5, 5.41) is 16.2. The Morgan fingerprint density at radius 2 is 1.86 bits per heavy atom. The number of anilines is 1. The predicted octanol–water partition coefficient (Wildman–Crippen LogP) is 4.66. The Bertz CT molecular complexity index is 1190. The van der Waals surface area contributed by atoms with Crippen LogP contribution in [0.2, 0.25) is 10.0 Å². The number of rotatable bonds is 3. The number of hydrogen-bond acceptors (Lipinski definition) is 3. The monoisotopic (exact) mass is 411 g/mol. The Morgan fingerprint density at radius 1 is 1.11 bits per heavy atom. The second kappa shape index (κ2) is 6.05. The second-order valence-corrected chi connectivity index (χ2v) is 8.18. The van der Waals surface area contributed by atoms with Gasteiger partial charge in [-0.3, -0.25) is 9.59 Å². The lowest BCUT2D eigenvalue weighted by atomic mass is 9.86. The number of carbonyl (C=O) groups is 2. The number of nitrogens with one attached hydrogen (secondary N) is 1. The topological polar surface area (TPSA) is 66.4 Å². The zero-order valence-corrected chi connectivity index (χ0v) is 16.2. The number of Topliss-reactive ketones (excluding diaryl/α,β-unsaturated/α-hetero) is 1. The SMILES string of the molecule is O=C(CC1(O)C(=O)Nc2cc(Cl)cc(Cl)c21)c1ccc2c3c(cccc13)CC2. The van der Waals surface area contributed by atoms with Crippen LogP contribution in [-0.4, -0.2) is 16.8 Å². The first-order chi connectivity index (χ1) is 13.4. The fourth-order valence-corrected chi connectivity index (χ4v) is 5.07. The molecule has 0 radical (unpaired) electrons. The Kier molecular flexibility index (Phi) is 3.82. The molecule has 0 saturated carbocycles. The smallest absolute Gasteiger partial charge is 0.261 e. The van der Waals surface area contributed by atoms with E-state index in [1.54, 1.807) is 6.07 Å². The van der Waals surface area contributed by atoms with Gasteiger partial charge in [-0.25, -0.2) is 0 Å². The standard InChI is InChI=1S/C22H15Cl2NO3/c23-13-8-16(24)20-17(9-13)25-21(27)22(20,28)10-18(26)14-7-6-12-5-4-11-2-1-3-15(14)19(11)12/h1-3,6-9,28H,4-5,10H2,(H,25,27). The molecule has 5 rings (SSSR count). The third-order valence-electron chi connectivity index (χ3n) is 5.69. The summed E-state index contributed by atoms with van der Waals surface area (Å²) in [7, 11) is 0. The minimum atomic E-state index is -2.03. The van der Waals surface area contributed by atoms with Crippen molar-refractivity contribution in [3.63, 3.8) is 0 Å². The lowest BCUT2D eigenvalue weighted by Crippen LogP contribution is -2.36. The number of aliphatic hydroxyl groups is 1. The van der Waals surface area contributed by atoms with Gasteiger partial charge in [0.2, 0.25) is 0 Å². The van der Waals surface area contributed by atoms with Gasteiger partial charge in [0.1, 0.15) is 0 Å². The molecule has 1 aliphatic heterocycles. The molecular formula is C22H15Cl2NO3. The van der Waals surface area contributed by atoms with Gasteiger partial charge >= 0.3 is 0 Å². The molecule has 3 aromatic carbocycles. The van der Waals surface area contributed by atoms with E-state index in [0.29, 0.717) is 16.3 Å². The van der Waals surface area contributed by atoms with Crippen LogP contribution in [-0.2, 0) is 23.2 Å². The Morgan fingerprint density at radius 3 is 2.64 bits per heavy atom. The number of aryl methyl sites for hydroxylation is 2. The number of ketones is 1. The molecule has 1 atom stereocenters. The minimum Gasteiger partial charge on any atom is -0.375 e. The van der Waals surface area contributed by atoms with Crippen LogP contribution in [0.25, 0.3) is 10.8 Å². The molecule has 3 aromatic rings. The minimum absolute atomic E-state index is 0.150. The van der Waals surface area contributed by atoms with Crippen molar-refractivity contribution in [3.05, 3.63) is 74.8 Å². The second-order valence-electron chi connectivity index (χ2n) is 7.34. The van der Waals surface area contributed by atoms with E-state index in [0.717, 1.165) is 23.6 Å². The fourth-order valence-electron chi connectivity index (χ4n) is 4.42. The average Bonchev–Trinajstić information content (AvgIpc) is 3.16. The quantitative estimate of drug-likeness (QED) is 0.615. The maximum atomic E-state index is 13.2. The number of fused-ring (bicyclic) bond motifs is 1. The lowest BCUT2D eigenvalue weighted by molar-refractivity contribution is -0.133. The number of benzene rings is 3. The van der Waals surface area contributed by atoms with Gasteiger partial charge < -0.3 is 10.4 Å². The zero-order valence-electron chi connectivity index (χ0n) is 14.7. The van der Waals surface area contributed by atoms with Crippen LogP contribution < -0.4 is 5.32 Å². The van der Waals surface area contributed by atoms with Gasteiger partial charge in [-0.1, -0.05) is 53.5 Å². The van der Waals surface area contributed by atoms with Gasteiger partial charge in [-0.15, -0.1) is 0 Å². The predicted molar refractivity (Wildman–Crippen MR) is 109 cm³/mol. The van der Waals surface area contributed by atoms with Crippen LogP contribution in [0.4, 0.5) is 5.69 Å². The summed E-state index contributed by atoms with van der Waals surface area (Å²) in [6, 6.07) is 12.7. The van der Waals surface area contributed by atoms with E-state index in [1.807, 2.05) is 18.2 Å². The van der Waals surface area contributed by atoms with Gasteiger partial charge in [-0.05, 0) is 46.9 Å². The molecule has 0 fully saturated rings. The molecule has 1 aliphatic carbocycles. The van der Waals surface area contributed by atoms with Crippen LogP contribution in [0.15, 0.2) is 42.5 Å². The zero-order chi connectivity index (χ0) is 19.6. The largest absolute Gasteiger partial charge is 0.375 e. The van der Waals surface area contributed by atoms with Gasteiger partial charge in [0.15, 0.2) is 11.4 Å². The van der Waals surface area contributed by atoms with Gasteiger partial charge in [0.05, 0.1) is 17.1 Å². The molecule has 2 N–H and O–H groups in total. The van der Waals surface area contributed by atoms with Crippen LogP contribution in [0.3, 0.4) is 0 Å². The first kappa shape index (κ1) is 17.7. The summed E-state index contributed by atoms with van der Waals surface area (Å²) in [6.07, 6.45) is 1.52. The maximum absolute atomic E-state index is 13.2. The van der Waals surface area contributed by atoms with E-state index >= 15 is 0 Å². The van der Waals surface area contributed by atoms with Crippen molar-refractivity contribution in [1.29, 1.82) is 0 Å². The average molecular weight is 412 g/mol. The summed E-state index contributed by atoms with van der Waals surface area (Å²) in [4.78, 5) is 25.7. The maximum Gasteiger partial charge on any atom is 0.261 e. The van der Waals surface area contributed by atoms with Crippen LogP contribution in [0.5, 0.6) is 0 Å². The highest BCUT2D eigenvalue weighted by molar-refractivity contribution is 6.36. The van der Waals surface area contributed by atoms with E-state index in [-0.39, 0.29) is 16.4 Å². The van der Waals surface area contributed by atoms with Crippen molar-refractivity contribution in [2.45, 2.75) is 24.9 Å². The molecule has 2 aliphatic rings. The third-order valence-corrected chi connectivity index (χ3v) is 6.20. The Hall–Kier alpha value is -2.40. The highest BCUT2D eigenvalue weighted by Crippen LogP contribution is 2.45. The van der Waals surface area contributed by atoms with E-state index in [4.69, 9.17) is 23.2 Å². The Labute approximate surface area is 171 Å². The van der Waals surface area contributed by atoms with Crippen LogP contribution in [0, 0.1) is 0 Å². The molecule has 1 amide bonds. The van der Waals surface area contributed by atoms with Crippen molar-refractivity contribution in [2.75, 3.05) is 5.32 Å². The van der Waals surface area contributed by atoms with Crippen molar-refractivity contribution in [1.82, 2.24) is 0 Å².